The van der Waals surface area contributed by atoms with Gasteiger partial charge in [-0.1, -0.05) is 56.3 Å². The monoisotopic (exact) mass is 485 g/mol. The molecule has 36 heavy (non-hydrogen) atoms. The molecule has 2 aromatic carbocycles. The van der Waals surface area contributed by atoms with E-state index in [2.05, 4.69) is 59.9 Å². The number of rotatable bonds is 7. The van der Waals surface area contributed by atoms with Crippen molar-refractivity contribution >= 4 is 22.4 Å². The average molecular weight is 486 g/mol. The van der Waals surface area contributed by atoms with Crippen LogP contribution in [0.1, 0.15) is 43.9 Å². The number of fused-ring (bicyclic) bond motifs is 1. The van der Waals surface area contributed by atoms with Crippen molar-refractivity contribution in [1.29, 1.82) is 0 Å². The molecule has 0 amide bonds. The highest BCUT2D eigenvalue weighted by atomic mass is 16.2. The number of likely N-dealkylation sites (tertiary alicyclic amines) is 1. The molecule has 3 heterocycles. The maximum Gasteiger partial charge on any atom is 0.331 e. The van der Waals surface area contributed by atoms with E-state index >= 15 is 0 Å². The number of hydrogen-bond acceptors (Lipinski definition) is 4. The molecule has 0 bridgehead atoms. The quantitative estimate of drug-likeness (QED) is 0.412. The normalized spacial score (nSPS) is 16.3. The van der Waals surface area contributed by atoms with E-state index in [9.17, 15) is 9.59 Å². The van der Waals surface area contributed by atoms with Gasteiger partial charge in [-0.25, -0.2) is 4.79 Å². The van der Waals surface area contributed by atoms with Crippen LogP contribution < -0.4 is 16.6 Å². The number of benzene rings is 2. The standard InChI is InChI=1S/C29H35N5O2/c1-20(2)17-34-25-19-33(18-21-12-14-22(15-13-21)24-11-8-16-31(24)3)27(30-23-9-6-5-7-10-23)26(25)28(35)32(4)29(34)36/h5-7,9-10,12-15,19-20,24,30H,8,11,16-18H2,1-4H3. The molecule has 7 nitrogen and oxygen atoms in total. The number of nitrogens with one attached hydrogen (secondary N) is 1. The first-order valence-corrected chi connectivity index (χ1v) is 12.8. The van der Waals surface area contributed by atoms with Gasteiger partial charge in [0.05, 0.1) is 5.52 Å². The topological polar surface area (TPSA) is 64.2 Å². The minimum absolute atomic E-state index is 0.263. The molecule has 0 saturated carbocycles. The largest absolute Gasteiger partial charge is 0.341 e. The van der Waals surface area contributed by atoms with Crippen LogP contribution >= 0.6 is 0 Å². The van der Waals surface area contributed by atoms with Crippen LogP contribution in [0.4, 0.5) is 11.5 Å². The second kappa shape index (κ2) is 9.82. The lowest BCUT2D eigenvalue weighted by Gasteiger charge is -2.20. The highest BCUT2D eigenvalue weighted by molar-refractivity contribution is 5.92. The van der Waals surface area contributed by atoms with Gasteiger partial charge in [0.1, 0.15) is 11.2 Å². The first-order valence-electron chi connectivity index (χ1n) is 12.8. The molecule has 1 N–H and O–H groups in total. The van der Waals surface area contributed by atoms with Crippen LogP contribution in [0, 0.1) is 5.92 Å². The molecule has 0 radical (unpaired) electrons. The van der Waals surface area contributed by atoms with Crippen molar-refractivity contribution in [3.05, 3.63) is 92.8 Å². The molecule has 7 heteroatoms. The maximum absolute atomic E-state index is 13.4. The van der Waals surface area contributed by atoms with Crippen LogP contribution in [0.3, 0.4) is 0 Å². The smallest absolute Gasteiger partial charge is 0.331 e. The molecule has 5 rings (SSSR count). The molecule has 1 aliphatic rings. The summed E-state index contributed by atoms with van der Waals surface area (Å²) >= 11 is 0. The van der Waals surface area contributed by atoms with E-state index in [1.54, 1.807) is 11.6 Å². The number of para-hydroxylation sites is 1. The van der Waals surface area contributed by atoms with Crippen LogP contribution in [0.5, 0.6) is 0 Å². The Morgan fingerprint density at radius 3 is 2.36 bits per heavy atom. The Hall–Kier alpha value is -3.58. The van der Waals surface area contributed by atoms with E-state index in [1.165, 1.54) is 23.0 Å². The lowest BCUT2D eigenvalue weighted by atomic mass is 10.0. The lowest BCUT2D eigenvalue weighted by molar-refractivity contribution is 0.317. The van der Waals surface area contributed by atoms with Gasteiger partial charge in [0, 0.05) is 38.1 Å². The van der Waals surface area contributed by atoms with Crippen LogP contribution in [0.2, 0.25) is 0 Å². The van der Waals surface area contributed by atoms with Crippen molar-refractivity contribution in [3.8, 4) is 0 Å². The van der Waals surface area contributed by atoms with Crippen LogP contribution in [0.25, 0.3) is 10.9 Å². The van der Waals surface area contributed by atoms with Crippen molar-refractivity contribution in [3.63, 3.8) is 0 Å². The van der Waals surface area contributed by atoms with Crippen molar-refractivity contribution in [2.24, 2.45) is 13.0 Å². The van der Waals surface area contributed by atoms with Crippen molar-refractivity contribution in [2.75, 3.05) is 18.9 Å². The van der Waals surface area contributed by atoms with Gasteiger partial charge in [-0.15, -0.1) is 0 Å². The lowest BCUT2D eigenvalue weighted by Crippen LogP contribution is -2.38. The molecular formula is C29H35N5O2. The van der Waals surface area contributed by atoms with Crippen molar-refractivity contribution in [2.45, 2.75) is 45.8 Å². The number of anilines is 2. The van der Waals surface area contributed by atoms with Gasteiger partial charge in [-0.2, -0.15) is 0 Å². The van der Waals surface area contributed by atoms with Gasteiger partial charge < -0.3 is 9.88 Å². The number of nitrogens with zero attached hydrogens (tertiary/aromatic N) is 4. The van der Waals surface area contributed by atoms with E-state index in [0.717, 1.165) is 17.8 Å². The van der Waals surface area contributed by atoms with Crippen molar-refractivity contribution in [1.82, 2.24) is 18.6 Å². The van der Waals surface area contributed by atoms with E-state index in [4.69, 9.17) is 0 Å². The van der Waals surface area contributed by atoms with Gasteiger partial charge in [0.15, 0.2) is 0 Å². The van der Waals surface area contributed by atoms with Gasteiger partial charge in [0.2, 0.25) is 0 Å². The molecule has 1 aliphatic heterocycles. The summed E-state index contributed by atoms with van der Waals surface area (Å²) in [5, 5.41) is 4.01. The summed E-state index contributed by atoms with van der Waals surface area (Å²) in [6.45, 7) is 6.43. The van der Waals surface area contributed by atoms with E-state index in [1.807, 2.05) is 36.5 Å². The fraction of sp³-hybridized carbons (Fsp3) is 0.379. The molecule has 1 fully saturated rings. The summed E-state index contributed by atoms with van der Waals surface area (Å²) in [7, 11) is 3.75. The van der Waals surface area contributed by atoms with Gasteiger partial charge in [0.25, 0.3) is 5.56 Å². The first kappa shape index (κ1) is 24.1. The molecule has 1 atom stereocenters. The minimum atomic E-state index is -0.285. The Morgan fingerprint density at radius 1 is 1.00 bits per heavy atom. The van der Waals surface area contributed by atoms with Crippen LogP contribution in [-0.2, 0) is 20.1 Å². The zero-order chi connectivity index (χ0) is 25.4. The fourth-order valence-electron chi connectivity index (χ4n) is 5.33. The summed E-state index contributed by atoms with van der Waals surface area (Å²) in [5.41, 5.74) is 3.48. The summed E-state index contributed by atoms with van der Waals surface area (Å²) in [4.78, 5) is 28.9. The third kappa shape index (κ3) is 4.51. The summed E-state index contributed by atoms with van der Waals surface area (Å²) in [6.07, 6.45) is 4.38. The number of aromatic nitrogens is 3. The molecule has 188 valence electrons. The molecular weight excluding hydrogens is 450 g/mol. The van der Waals surface area contributed by atoms with E-state index < -0.39 is 0 Å². The van der Waals surface area contributed by atoms with Gasteiger partial charge >= 0.3 is 5.69 Å². The molecule has 1 unspecified atom stereocenters. The van der Waals surface area contributed by atoms with Crippen LogP contribution in [0.15, 0.2) is 70.4 Å². The summed E-state index contributed by atoms with van der Waals surface area (Å²) in [6, 6.07) is 19.1. The van der Waals surface area contributed by atoms with E-state index in [0.29, 0.717) is 35.9 Å². The number of hydrogen-bond donors (Lipinski definition) is 1. The molecule has 0 aliphatic carbocycles. The average Bonchev–Trinajstić information content (AvgIpc) is 3.45. The first-order chi connectivity index (χ1) is 17.3. The summed E-state index contributed by atoms with van der Waals surface area (Å²) in [5.74, 6) is 0.965. The predicted molar refractivity (Wildman–Crippen MR) is 146 cm³/mol. The van der Waals surface area contributed by atoms with Gasteiger partial charge in [-0.05, 0) is 55.6 Å². The maximum atomic E-state index is 13.4. The zero-order valence-electron chi connectivity index (χ0n) is 21.6. The fourth-order valence-corrected chi connectivity index (χ4v) is 5.33. The SMILES string of the molecule is CC(C)Cn1c(=O)n(C)c(=O)c2c(Nc3ccccc3)n(Cc3ccc(C4CCCN4C)cc3)cc21. The minimum Gasteiger partial charge on any atom is -0.341 e. The Balaban J connectivity index is 1.61. The zero-order valence-corrected chi connectivity index (χ0v) is 21.6. The highest BCUT2D eigenvalue weighted by Gasteiger charge is 2.23. The second-order valence-electron chi connectivity index (χ2n) is 10.4. The molecule has 4 aromatic rings. The third-order valence-corrected chi connectivity index (χ3v) is 7.21. The molecule has 2 aromatic heterocycles. The third-order valence-electron chi connectivity index (χ3n) is 7.21. The van der Waals surface area contributed by atoms with Gasteiger partial charge in [-0.3, -0.25) is 18.8 Å². The Labute approximate surface area is 211 Å². The van der Waals surface area contributed by atoms with Crippen molar-refractivity contribution < 1.29 is 0 Å². The Bertz CT molecular complexity index is 1480. The molecule has 0 spiro atoms. The Morgan fingerprint density at radius 2 is 1.72 bits per heavy atom. The van der Waals surface area contributed by atoms with E-state index in [-0.39, 0.29) is 17.2 Å². The summed E-state index contributed by atoms with van der Waals surface area (Å²) < 4.78 is 5.01. The highest BCUT2D eigenvalue weighted by Crippen LogP contribution is 2.31. The van der Waals surface area contributed by atoms with Crippen LogP contribution in [-0.4, -0.2) is 32.2 Å². The Kier molecular flexibility index (Phi) is 6.58. The second-order valence-corrected chi connectivity index (χ2v) is 10.4. The molecule has 1 saturated heterocycles. The predicted octanol–water partition coefficient (Wildman–Crippen LogP) is 4.72.